The molecule has 5 heteroatoms. The maximum atomic E-state index is 12.1. The molecule has 120 valence electrons. The van der Waals surface area contributed by atoms with Crippen molar-refractivity contribution < 1.29 is 19.4 Å². The smallest absolute Gasteiger partial charge is 0.326 e. The minimum atomic E-state index is -0.966. The first-order chi connectivity index (χ1) is 10.6. The summed E-state index contributed by atoms with van der Waals surface area (Å²) in [7, 11) is 0. The Hall–Kier alpha value is -2.04. The largest absolute Gasteiger partial charge is 0.494 e. The summed E-state index contributed by atoms with van der Waals surface area (Å²) >= 11 is 0. The summed E-state index contributed by atoms with van der Waals surface area (Å²) in [4.78, 5) is 23.2. The molecule has 1 aromatic rings. The molecule has 1 amide bonds. The monoisotopic (exact) mass is 305 g/mol. The normalized spacial score (nSPS) is 15.1. The van der Waals surface area contributed by atoms with E-state index in [-0.39, 0.29) is 11.8 Å². The average molecular weight is 305 g/mol. The van der Waals surface area contributed by atoms with Crippen LogP contribution in [0.2, 0.25) is 0 Å². The Labute approximate surface area is 130 Å². The molecule has 2 rings (SSSR count). The number of unbranched alkanes of at least 4 members (excludes halogenated alkanes) is 2. The number of benzene rings is 1. The summed E-state index contributed by atoms with van der Waals surface area (Å²) in [6.07, 6.45) is 5.02. The van der Waals surface area contributed by atoms with Gasteiger partial charge in [0.05, 0.1) is 6.61 Å². The van der Waals surface area contributed by atoms with Crippen molar-refractivity contribution in [1.82, 2.24) is 5.32 Å². The van der Waals surface area contributed by atoms with Crippen molar-refractivity contribution in [2.45, 2.75) is 45.1 Å². The van der Waals surface area contributed by atoms with E-state index in [1.165, 1.54) is 0 Å². The van der Waals surface area contributed by atoms with Crippen LogP contribution in [0.15, 0.2) is 24.3 Å². The number of ether oxygens (including phenoxy) is 1. The van der Waals surface area contributed by atoms with E-state index in [0.717, 1.165) is 37.9 Å². The predicted molar refractivity (Wildman–Crippen MR) is 83.1 cm³/mol. The highest BCUT2D eigenvalue weighted by molar-refractivity contribution is 5.96. The van der Waals surface area contributed by atoms with Crippen molar-refractivity contribution in [2.24, 2.45) is 5.92 Å². The third-order valence-corrected chi connectivity index (χ3v) is 3.78. The quantitative estimate of drug-likeness (QED) is 0.688. The number of amides is 1. The molecule has 0 spiro atoms. The second-order valence-electron chi connectivity index (χ2n) is 5.71. The molecule has 0 aliphatic heterocycles. The van der Waals surface area contributed by atoms with E-state index in [2.05, 4.69) is 12.2 Å². The molecule has 1 aromatic carbocycles. The number of carboxylic acids is 1. The number of nitrogens with one attached hydrogen (secondary N) is 1. The minimum Gasteiger partial charge on any atom is -0.494 e. The van der Waals surface area contributed by atoms with Crippen LogP contribution in [0, 0.1) is 5.92 Å². The van der Waals surface area contributed by atoms with Crippen LogP contribution in [-0.4, -0.2) is 29.6 Å². The Balaban J connectivity index is 1.86. The van der Waals surface area contributed by atoms with E-state index in [0.29, 0.717) is 12.2 Å². The molecule has 1 fully saturated rings. The SMILES string of the molecule is CCCCCOc1ccc(C(=O)NC(C(=O)O)C2CC2)cc1. The molecule has 0 aromatic heterocycles. The summed E-state index contributed by atoms with van der Waals surface area (Å²) < 4.78 is 5.58. The van der Waals surface area contributed by atoms with Crippen molar-refractivity contribution in [2.75, 3.05) is 6.61 Å². The number of hydrogen-bond acceptors (Lipinski definition) is 3. The zero-order valence-electron chi connectivity index (χ0n) is 12.9. The van der Waals surface area contributed by atoms with Crippen molar-refractivity contribution in [3.05, 3.63) is 29.8 Å². The fourth-order valence-electron chi connectivity index (χ4n) is 2.28. The number of hydrogen-bond donors (Lipinski definition) is 2. The summed E-state index contributed by atoms with van der Waals surface area (Å²) in [5.74, 6) is -0.518. The van der Waals surface area contributed by atoms with Gasteiger partial charge in [-0.3, -0.25) is 4.79 Å². The van der Waals surface area contributed by atoms with Crippen LogP contribution in [0.3, 0.4) is 0 Å². The first kappa shape index (κ1) is 16.3. The zero-order valence-corrected chi connectivity index (χ0v) is 12.9. The number of aliphatic carboxylic acids is 1. The predicted octanol–water partition coefficient (Wildman–Crippen LogP) is 2.85. The molecule has 1 aliphatic carbocycles. The summed E-state index contributed by atoms with van der Waals surface area (Å²) in [5, 5.41) is 11.7. The van der Waals surface area contributed by atoms with Crippen molar-refractivity contribution in [1.29, 1.82) is 0 Å². The Kier molecular flexibility index (Phi) is 5.81. The second-order valence-corrected chi connectivity index (χ2v) is 5.71. The molecule has 0 bridgehead atoms. The molecule has 22 heavy (non-hydrogen) atoms. The van der Waals surface area contributed by atoms with Gasteiger partial charge in [-0.15, -0.1) is 0 Å². The Bertz CT molecular complexity index is 508. The lowest BCUT2D eigenvalue weighted by atomic mass is 10.1. The van der Waals surface area contributed by atoms with Gasteiger partial charge in [0.2, 0.25) is 0 Å². The Morgan fingerprint density at radius 3 is 2.50 bits per heavy atom. The summed E-state index contributed by atoms with van der Waals surface area (Å²) in [6.45, 7) is 2.81. The molecule has 1 saturated carbocycles. The van der Waals surface area contributed by atoms with E-state index < -0.39 is 12.0 Å². The topological polar surface area (TPSA) is 75.6 Å². The molecule has 2 N–H and O–H groups in total. The lowest BCUT2D eigenvalue weighted by Gasteiger charge is -2.13. The van der Waals surface area contributed by atoms with Crippen LogP contribution in [-0.2, 0) is 4.79 Å². The standard InChI is InChI=1S/C17H23NO4/c1-2-3-4-11-22-14-9-7-13(8-10-14)16(19)18-15(17(20)21)12-5-6-12/h7-10,12,15H,2-6,11H2,1H3,(H,18,19)(H,20,21). The summed E-state index contributed by atoms with van der Waals surface area (Å²) in [5.41, 5.74) is 0.452. The Morgan fingerprint density at radius 2 is 1.95 bits per heavy atom. The molecular weight excluding hydrogens is 282 g/mol. The minimum absolute atomic E-state index is 0.0719. The lowest BCUT2D eigenvalue weighted by Crippen LogP contribution is -2.42. The van der Waals surface area contributed by atoms with Crippen LogP contribution in [0.25, 0.3) is 0 Å². The number of carboxylic acid groups (broad SMARTS) is 1. The van der Waals surface area contributed by atoms with Crippen LogP contribution in [0.4, 0.5) is 0 Å². The molecule has 1 atom stereocenters. The van der Waals surface area contributed by atoms with Gasteiger partial charge in [0, 0.05) is 5.56 Å². The number of carbonyl (C=O) groups is 2. The van der Waals surface area contributed by atoms with Gasteiger partial charge in [-0.1, -0.05) is 19.8 Å². The first-order valence-electron chi connectivity index (χ1n) is 7.88. The van der Waals surface area contributed by atoms with E-state index >= 15 is 0 Å². The fourth-order valence-corrected chi connectivity index (χ4v) is 2.28. The highest BCUT2D eigenvalue weighted by Crippen LogP contribution is 2.32. The van der Waals surface area contributed by atoms with E-state index in [1.807, 2.05) is 0 Å². The molecule has 0 heterocycles. The lowest BCUT2D eigenvalue weighted by molar-refractivity contribution is -0.139. The third kappa shape index (κ3) is 4.76. The van der Waals surface area contributed by atoms with Gasteiger partial charge in [0.15, 0.2) is 0 Å². The van der Waals surface area contributed by atoms with Gasteiger partial charge in [0.1, 0.15) is 11.8 Å². The van der Waals surface area contributed by atoms with Gasteiger partial charge < -0.3 is 15.2 Å². The highest BCUT2D eigenvalue weighted by atomic mass is 16.5. The van der Waals surface area contributed by atoms with Crippen molar-refractivity contribution in [3.63, 3.8) is 0 Å². The summed E-state index contributed by atoms with van der Waals surface area (Å²) in [6, 6.07) is 6.03. The zero-order chi connectivity index (χ0) is 15.9. The van der Waals surface area contributed by atoms with Crippen LogP contribution < -0.4 is 10.1 Å². The number of rotatable bonds is 9. The van der Waals surface area contributed by atoms with Gasteiger partial charge in [-0.25, -0.2) is 4.79 Å². The van der Waals surface area contributed by atoms with E-state index in [1.54, 1.807) is 24.3 Å². The molecular formula is C17H23NO4. The fraction of sp³-hybridized carbons (Fsp3) is 0.529. The number of carbonyl (C=O) groups excluding carboxylic acids is 1. The molecule has 5 nitrogen and oxygen atoms in total. The molecule has 0 saturated heterocycles. The van der Waals surface area contributed by atoms with Gasteiger partial charge in [-0.2, -0.15) is 0 Å². The first-order valence-corrected chi connectivity index (χ1v) is 7.88. The van der Waals surface area contributed by atoms with Crippen molar-refractivity contribution in [3.8, 4) is 5.75 Å². The third-order valence-electron chi connectivity index (χ3n) is 3.78. The molecule has 1 aliphatic rings. The van der Waals surface area contributed by atoms with E-state index in [4.69, 9.17) is 9.84 Å². The average Bonchev–Trinajstić information content (AvgIpc) is 3.34. The maximum Gasteiger partial charge on any atom is 0.326 e. The van der Waals surface area contributed by atoms with Gasteiger partial charge in [-0.05, 0) is 49.4 Å². The second kappa shape index (κ2) is 7.82. The van der Waals surface area contributed by atoms with E-state index in [9.17, 15) is 9.59 Å². The van der Waals surface area contributed by atoms with Crippen LogP contribution >= 0.6 is 0 Å². The van der Waals surface area contributed by atoms with Crippen LogP contribution in [0.1, 0.15) is 49.4 Å². The Morgan fingerprint density at radius 1 is 1.27 bits per heavy atom. The molecule has 0 radical (unpaired) electrons. The van der Waals surface area contributed by atoms with Gasteiger partial charge >= 0.3 is 5.97 Å². The van der Waals surface area contributed by atoms with Crippen molar-refractivity contribution >= 4 is 11.9 Å². The molecule has 1 unspecified atom stereocenters. The maximum absolute atomic E-state index is 12.1. The highest BCUT2D eigenvalue weighted by Gasteiger charge is 2.37. The van der Waals surface area contributed by atoms with Gasteiger partial charge in [0.25, 0.3) is 5.91 Å². The van der Waals surface area contributed by atoms with Crippen LogP contribution in [0.5, 0.6) is 5.75 Å².